The minimum Gasteiger partial charge on any atom is -0.241 e. The normalized spacial score (nSPS) is 10.4. The first-order valence-corrected chi connectivity index (χ1v) is 6.46. The molecule has 1 heterocycles. The summed E-state index contributed by atoms with van der Waals surface area (Å²) < 4.78 is 0. The molecule has 0 aliphatic heterocycles. The number of aromatic nitrogens is 1. The molecule has 0 aliphatic rings. The highest BCUT2D eigenvalue weighted by molar-refractivity contribution is 9.09. The summed E-state index contributed by atoms with van der Waals surface area (Å²) in [5.41, 5.74) is 2.29. The Morgan fingerprint density at radius 2 is 2.00 bits per heavy atom. The van der Waals surface area contributed by atoms with E-state index in [0.29, 0.717) is 0 Å². The van der Waals surface area contributed by atoms with Crippen molar-refractivity contribution >= 4 is 27.3 Å². The van der Waals surface area contributed by atoms with E-state index in [2.05, 4.69) is 38.4 Å². The largest absolute Gasteiger partial charge is 0.241 e. The van der Waals surface area contributed by atoms with Gasteiger partial charge in [0.15, 0.2) is 0 Å². The molecule has 0 spiro atoms. The van der Waals surface area contributed by atoms with E-state index in [0.717, 1.165) is 17.4 Å². The molecule has 2 aromatic rings. The van der Waals surface area contributed by atoms with Crippen molar-refractivity contribution in [3.05, 3.63) is 40.7 Å². The van der Waals surface area contributed by atoms with E-state index in [1.54, 1.807) is 11.3 Å². The number of aryl methyl sites for hydroxylation is 1. The lowest BCUT2D eigenvalue weighted by Gasteiger charge is -1.93. The van der Waals surface area contributed by atoms with E-state index in [-0.39, 0.29) is 0 Å². The first kappa shape index (κ1) is 9.87. The van der Waals surface area contributed by atoms with Gasteiger partial charge in [-0.1, -0.05) is 46.3 Å². The molecule has 0 N–H and O–H groups in total. The van der Waals surface area contributed by atoms with Crippen LogP contribution in [0.2, 0.25) is 0 Å². The smallest absolute Gasteiger partial charge is 0.0940 e. The molecular formula is C11H10BrNS. The zero-order valence-electron chi connectivity index (χ0n) is 7.61. The van der Waals surface area contributed by atoms with Gasteiger partial charge in [-0.15, -0.1) is 11.3 Å². The van der Waals surface area contributed by atoms with Gasteiger partial charge in [-0.2, -0.15) is 0 Å². The van der Waals surface area contributed by atoms with Crippen molar-refractivity contribution in [1.29, 1.82) is 0 Å². The topological polar surface area (TPSA) is 12.9 Å². The third-order valence-corrected chi connectivity index (χ3v) is 3.23. The summed E-state index contributed by atoms with van der Waals surface area (Å²) in [6.07, 6.45) is 1.01. The Morgan fingerprint density at radius 3 is 2.71 bits per heavy atom. The number of halogens is 1. The van der Waals surface area contributed by atoms with E-state index in [1.165, 1.54) is 10.6 Å². The molecule has 0 aliphatic carbocycles. The second kappa shape index (κ2) is 4.71. The number of hydrogen-bond acceptors (Lipinski definition) is 2. The van der Waals surface area contributed by atoms with Gasteiger partial charge in [0, 0.05) is 22.7 Å². The third kappa shape index (κ3) is 2.22. The van der Waals surface area contributed by atoms with Crippen molar-refractivity contribution in [2.24, 2.45) is 0 Å². The molecule has 0 saturated heterocycles. The van der Waals surface area contributed by atoms with E-state index < -0.39 is 0 Å². The molecule has 0 saturated carbocycles. The fourth-order valence-electron chi connectivity index (χ4n) is 1.25. The first-order chi connectivity index (χ1) is 6.90. The Kier molecular flexibility index (Phi) is 3.32. The summed E-state index contributed by atoms with van der Waals surface area (Å²) in [5.74, 6) is 0. The second-order valence-corrected chi connectivity index (χ2v) is 4.67. The van der Waals surface area contributed by atoms with Crippen LogP contribution in [0.15, 0.2) is 35.7 Å². The summed E-state index contributed by atoms with van der Waals surface area (Å²) in [6, 6.07) is 10.3. The van der Waals surface area contributed by atoms with Crippen molar-refractivity contribution in [3.8, 4) is 11.3 Å². The molecule has 1 nitrogen and oxygen atoms in total. The van der Waals surface area contributed by atoms with Crippen LogP contribution in [-0.4, -0.2) is 10.3 Å². The third-order valence-electron chi connectivity index (χ3n) is 1.93. The van der Waals surface area contributed by atoms with Crippen LogP contribution in [0.25, 0.3) is 11.3 Å². The number of hydrogen-bond donors (Lipinski definition) is 0. The molecule has 72 valence electrons. The van der Waals surface area contributed by atoms with Gasteiger partial charge in [0.25, 0.3) is 0 Å². The minimum atomic E-state index is 0.981. The first-order valence-electron chi connectivity index (χ1n) is 4.46. The monoisotopic (exact) mass is 267 g/mol. The maximum absolute atomic E-state index is 4.56. The van der Waals surface area contributed by atoms with E-state index in [1.807, 2.05) is 18.2 Å². The van der Waals surface area contributed by atoms with Crippen LogP contribution in [0, 0.1) is 0 Å². The molecule has 1 aromatic heterocycles. The van der Waals surface area contributed by atoms with Crippen molar-refractivity contribution < 1.29 is 0 Å². The average molecular weight is 268 g/mol. The van der Waals surface area contributed by atoms with Crippen molar-refractivity contribution in [2.75, 3.05) is 5.33 Å². The standard InChI is InChI=1S/C11H10BrNS/c12-7-6-11-13-10(8-14-11)9-4-2-1-3-5-9/h1-5,8H,6-7H2. The van der Waals surface area contributed by atoms with Crippen LogP contribution in [-0.2, 0) is 6.42 Å². The van der Waals surface area contributed by atoms with E-state index in [9.17, 15) is 0 Å². The Bertz CT molecular complexity index is 397. The van der Waals surface area contributed by atoms with Crippen LogP contribution in [0.5, 0.6) is 0 Å². The molecule has 0 fully saturated rings. The number of nitrogens with zero attached hydrogens (tertiary/aromatic N) is 1. The zero-order chi connectivity index (χ0) is 9.80. The predicted octanol–water partition coefficient (Wildman–Crippen LogP) is 3.75. The molecule has 0 bridgehead atoms. The molecule has 0 amide bonds. The van der Waals surface area contributed by atoms with E-state index in [4.69, 9.17) is 0 Å². The molecule has 1 aromatic carbocycles. The maximum Gasteiger partial charge on any atom is 0.0940 e. The van der Waals surface area contributed by atoms with Gasteiger partial charge in [0.05, 0.1) is 10.7 Å². The summed E-state index contributed by atoms with van der Waals surface area (Å²) in [4.78, 5) is 4.56. The second-order valence-electron chi connectivity index (χ2n) is 2.93. The van der Waals surface area contributed by atoms with Gasteiger partial charge in [0.1, 0.15) is 0 Å². The Morgan fingerprint density at radius 1 is 1.21 bits per heavy atom. The van der Waals surface area contributed by atoms with Crippen LogP contribution < -0.4 is 0 Å². The number of alkyl halides is 1. The lowest BCUT2D eigenvalue weighted by Crippen LogP contribution is -1.84. The predicted molar refractivity (Wildman–Crippen MR) is 65.0 cm³/mol. The summed E-state index contributed by atoms with van der Waals surface area (Å²) in [5, 5.41) is 4.29. The summed E-state index contributed by atoms with van der Waals surface area (Å²) >= 11 is 5.15. The van der Waals surface area contributed by atoms with Crippen molar-refractivity contribution in [2.45, 2.75) is 6.42 Å². The lowest BCUT2D eigenvalue weighted by atomic mass is 10.2. The number of benzene rings is 1. The molecule has 0 radical (unpaired) electrons. The quantitative estimate of drug-likeness (QED) is 0.772. The lowest BCUT2D eigenvalue weighted by molar-refractivity contribution is 1.12. The molecule has 14 heavy (non-hydrogen) atoms. The minimum absolute atomic E-state index is 0.981. The van der Waals surface area contributed by atoms with Gasteiger partial charge < -0.3 is 0 Å². The van der Waals surface area contributed by atoms with E-state index >= 15 is 0 Å². The summed E-state index contributed by atoms with van der Waals surface area (Å²) in [7, 11) is 0. The van der Waals surface area contributed by atoms with Crippen LogP contribution in [0.1, 0.15) is 5.01 Å². The van der Waals surface area contributed by atoms with Gasteiger partial charge in [-0.25, -0.2) is 4.98 Å². The van der Waals surface area contributed by atoms with Crippen LogP contribution >= 0.6 is 27.3 Å². The number of thiazole rings is 1. The molecule has 3 heteroatoms. The highest BCUT2D eigenvalue weighted by atomic mass is 79.9. The maximum atomic E-state index is 4.56. The molecule has 0 unspecified atom stereocenters. The average Bonchev–Trinajstić information content (AvgIpc) is 2.68. The summed E-state index contributed by atoms with van der Waals surface area (Å²) in [6.45, 7) is 0. The fraction of sp³-hybridized carbons (Fsp3) is 0.182. The Labute approximate surface area is 95.9 Å². The van der Waals surface area contributed by atoms with Crippen molar-refractivity contribution in [1.82, 2.24) is 4.98 Å². The zero-order valence-corrected chi connectivity index (χ0v) is 10.0. The molecular weight excluding hydrogens is 258 g/mol. The molecule has 0 atom stereocenters. The van der Waals surface area contributed by atoms with Crippen LogP contribution in [0.3, 0.4) is 0 Å². The van der Waals surface area contributed by atoms with Gasteiger partial charge >= 0.3 is 0 Å². The van der Waals surface area contributed by atoms with Gasteiger partial charge in [-0.3, -0.25) is 0 Å². The fourth-order valence-corrected chi connectivity index (χ4v) is 2.69. The highest BCUT2D eigenvalue weighted by Gasteiger charge is 2.02. The number of rotatable bonds is 3. The SMILES string of the molecule is BrCCc1nc(-c2ccccc2)cs1. The van der Waals surface area contributed by atoms with Crippen LogP contribution in [0.4, 0.5) is 0 Å². The van der Waals surface area contributed by atoms with Gasteiger partial charge in [0.2, 0.25) is 0 Å². The Balaban J connectivity index is 2.25. The molecule has 2 rings (SSSR count). The Hall–Kier alpha value is -0.670. The van der Waals surface area contributed by atoms with Crippen molar-refractivity contribution in [3.63, 3.8) is 0 Å². The van der Waals surface area contributed by atoms with Gasteiger partial charge in [-0.05, 0) is 0 Å². The highest BCUT2D eigenvalue weighted by Crippen LogP contribution is 2.21.